The Hall–Kier alpha value is -3.38. The molecule has 2 heterocycles. The van der Waals surface area contributed by atoms with E-state index in [0.717, 1.165) is 38.8 Å². The van der Waals surface area contributed by atoms with Crippen LogP contribution in [-0.4, -0.2) is 54.1 Å². The van der Waals surface area contributed by atoms with Crippen LogP contribution in [0.1, 0.15) is 43.1 Å². The molecule has 9 nitrogen and oxygen atoms in total. The van der Waals surface area contributed by atoms with Gasteiger partial charge in [0, 0.05) is 39.3 Å². The van der Waals surface area contributed by atoms with Gasteiger partial charge in [0.1, 0.15) is 11.4 Å². The summed E-state index contributed by atoms with van der Waals surface area (Å²) < 4.78 is 0. The third-order valence-corrected chi connectivity index (χ3v) is 6.65. The van der Waals surface area contributed by atoms with Crippen LogP contribution in [0.3, 0.4) is 0 Å². The predicted molar refractivity (Wildman–Crippen MR) is 127 cm³/mol. The average molecular weight is 452 g/mol. The molecule has 1 aliphatic heterocycles. The Morgan fingerprint density at radius 1 is 1.24 bits per heavy atom. The van der Waals surface area contributed by atoms with Crippen molar-refractivity contribution in [3.63, 3.8) is 0 Å². The molecule has 1 saturated heterocycles. The molecule has 2 aliphatic rings. The number of rotatable bonds is 6. The summed E-state index contributed by atoms with van der Waals surface area (Å²) in [6.45, 7) is 3.88. The standard InChI is InChI=1S/C24H29N5O4/c1-24(9-4-5-10-24)16(7-6-14-12-25-13-14)28-18-17(21(31)22(18)32)27-15-8-11-26-19(20(15)30)23(33)29(2)3/h8,11,14,16,25,28,30H,4-5,9-10,12-13H2,1-3H3,(H,26,27)/t16-/m0/s1. The van der Waals surface area contributed by atoms with Gasteiger partial charge < -0.3 is 26.0 Å². The maximum atomic E-state index is 12.5. The van der Waals surface area contributed by atoms with Gasteiger partial charge in [-0.3, -0.25) is 14.4 Å². The van der Waals surface area contributed by atoms with Crippen molar-refractivity contribution in [3.8, 4) is 17.6 Å². The van der Waals surface area contributed by atoms with Gasteiger partial charge in [-0.05, 0) is 24.3 Å². The predicted octanol–water partition coefficient (Wildman–Crippen LogP) is 1.41. The van der Waals surface area contributed by atoms with Crippen molar-refractivity contribution < 1.29 is 9.90 Å². The lowest BCUT2D eigenvalue weighted by Crippen LogP contribution is -2.44. The summed E-state index contributed by atoms with van der Waals surface area (Å²) >= 11 is 0. The molecule has 0 spiro atoms. The zero-order valence-electron chi connectivity index (χ0n) is 19.1. The monoisotopic (exact) mass is 451 g/mol. The number of nitrogens with zero attached hydrogens (tertiary/aromatic N) is 2. The molecule has 2 aromatic rings. The van der Waals surface area contributed by atoms with Crippen molar-refractivity contribution >= 4 is 23.0 Å². The molecule has 0 unspecified atom stereocenters. The average Bonchev–Trinajstić information content (AvgIpc) is 3.21. The SMILES string of the molecule is CN(C)C(=O)c1nccc(Nc2c(N[C@@H](C#CC3CNC3)C3(C)CCCC3)c(=O)c2=O)c1O. The number of amides is 1. The fraction of sp³-hybridized carbons (Fsp3) is 0.500. The van der Waals surface area contributed by atoms with Crippen molar-refractivity contribution in [2.24, 2.45) is 11.3 Å². The molecule has 1 saturated carbocycles. The maximum absolute atomic E-state index is 12.5. The molecule has 1 atom stereocenters. The first-order valence-electron chi connectivity index (χ1n) is 11.2. The number of hydrogen-bond acceptors (Lipinski definition) is 8. The van der Waals surface area contributed by atoms with E-state index >= 15 is 0 Å². The molecule has 0 radical (unpaired) electrons. The van der Waals surface area contributed by atoms with E-state index in [1.165, 1.54) is 17.2 Å². The molecule has 33 heavy (non-hydrogen) atoms. The molecular formula is C24H29N5O4. The summed E-state index contributed by atoms with van der Waals surface area (Å²) in [7, 11) is 3.10. The molecule has 0 bridgehead atoms. The minimum atomic E-state index is -0.680. The van der Waals surface area contributed by atoms with Gasteiger partial charge in [-0.25, -0.2) is 4.98 Å². The molecule has 174 valence electrons. The van der Waals surface area contributed by atoms with E-state index in [4.69, 9.17) is 0 Å². The van der Waals surface area contributed by atoms with Crippen molar-refractivity contribution in [2.45, 2.75) is 38.6 Å². The fourth-order valence-corrected chi connectivity index (χ4v) is 4.30. The number of carbonyl (C=O) groups excluding carboxylic acids is 1. The van der Waals surface area contributed by atoms with E-state index in [0.29, 0.717) is 5.92 Å². The molecule has 2 fully saturated rings. The second-order valence-electron chi connectivity index (χ2n) is 9.37. The topological polar surface area (TPSA) is 124 Å². The number of pyridine rings is 1. The molecule has 1 amide bonds. The number of aromatic hydroxyl groups is 1. The highest BCUT2D eigenvalue weighted by atomic mass is 16.3. The van der Waals surface area contributed by atoms with Gasteiger partial charge in [0.05, 0.1) is 11.7 Å². The first-order chi connectivity index (χ1) is 15.7. The van der Waals surface area contributed by atoms with Gasteiger partial charge in [0.2, 0.25) is 0 Å². The van der Waals surface area contributed by atoms with Gasteiger partial charge in [0.15, 0.2) is 11.4 Å². The summed E-state index contributed by atoms with van der Waals surface area (Å²) in [5.74, 6) is 6.07. The third-order valence-electron chi connectivity index (χ3n) is 6.65. The van der Waals surface area contributed by atoms with Crippen LogP contribution in [0, 0.1) is 23.2 Å². The Balaban J connectivity index is 1.62. The molecule has 1 aromatic heterocycles. The summed E-state index contributed by atoms with van der Waals surface area (Å²) in [5, 5.41) is 19.8. The second kappa shape index (κ2) is 8.87. The quantitative estimate of drug-likeness (QED) is 0.384. The van der Waals surface area contributed by atoms with Crippen molar-refractivity contribution in [1.29, 1.82) is 0 Å². The van der Waals surface area contributed by atoms with Crippen LogP contribution >= 0.6 is 0 Å². The van der Waals surface area contributed by atoms with Gasteiger partial charge in [-0.15, -0.1) is 0 Å². The maximum Gasteiger partial charge on any atom is 0.275 e. The number of hydrogen-bond donors (Lipinski definition) is 4. The minimum Gasteiger partial charge on any atom is -0.504 e. The molecular weight excluding hydrogens is 422 g/mol. The second-order valence-corrected chi connectivity index (χ2v) is 9.37. The number of aromatic nitrogens is 1. The third kappa shape index (κ3) is 4.31. The van der Waals surface area contributed by atoms with Crippen molar-refractivity contribution in [3.05, 3.63) is 38.4 Å². The normalized spacial score (nSPS) is 18.2. The summed E-state index contributed by atoms with van der Waals surface area (Å²) in [5.41, 5.74) is -1.20. The Bertz CT molecular complexity index is 1190. The summed E-state index contributed by atoms with van der Waals surface area (Å²) in [6, 6.07) is 1.17. The van der Waals surface area contributed by atoms with Gasteiger partial charge in [0.25, 0.3) is 16.8 Å². The van der Waals surface area contributed by atoms with Crippen molar-refractivity contribution in [2.75, 3.05) is 37.8 Å². The molecule has 9 heteroatoms. The summed E-state index contributed by atoms with van der Waals surface area (Å²) in [4.78, 5) is 42.4. The number of anilines is 3. The zero-order valence-corrected chi connectivity index (χ0v) is 19.1. The van der Waals surface area contributed by atoms with E-state index in [9.17, 15) is 19.5 Å². The highest BCUT2D eigenvalue weighted by molar-refractivity contribution is 5.97. The highest BCUT2D eigenvalue weighted by Gasteiger charge is 2.38. The lowest BCUT2D eigenvalue weighted by Gasteiger charge is -2.33. The van der Waals surface area contributed by atoms with E-state index < -0.39 is 16.8 Å². The van der Waals surface area contributed by atoms with Gasteiger partial charge in [-0.2, -0.15) is 0 Å². The van der Waals surface area contributed by atoms with Crippen molar-refractivity contribution in [1.82, 2.24) is 15.2 Å². The zero-order chi connectivity index (χ0) is 23.8. The smallest absolute Gasteiger partial charge is 0.275 e. The van der Waals surface area contributed by atoms with Crippen LogP contribution in [0.25, 0.3) is 0 Å². The molecule has 1 aliphatic carbocycles. The number of nitrogens with one attached hydrogen (secondary N) is 3. The lowest BCUT2D eigenvalue weighted by molar-refractivity contribution is 0.0819. The Kier molecular flexibility index (Phi) is 6.13. The van der Waals surface area contributed by atoms with Crippen LogP contribution in [0.2, 0.25) is 0 Å². The highest BCUT2D eigenvalue weighted by Crippen LogP contribution is 2.42. The lowest BCUT2D eigenvalue weighted by atomic mass is 9.80. The molecule has 4 N–H and O–H groups in total. The van der Waals surface area contributed by atoms with Crippen LogP contribution in [0.4, 0.5) is 17.1 Å². The number of carbonyl (C=O) groups is 1. The first-order valence-corrected chi connectivity index (χ1v) is 11.2. The largest absolute Gasteiger partial charge is 0.504 e. The fourth-order valence-electron chi connectivity index (χ4n) is 4.30. The first kappa shape index (κ1) is 22.8. The Morgan fingerprint density at radius 3 is 2.52 bits per heavy atom. The van der Waals surface area contributed by atoms with E-state index in [1.54, 1.807) is 14.1 Å². The van der Waals surface area contributed by atoms with E-state index in [2.05, 4.69) is 39.7 Å². The van der Waals surface area contributed by atoms with Crippen LogP contribution in [0.15, 0.2) is 21.9 Å². The van der Waals surface area contributed by atoms with Crippen LogP contribution < -0.4 is 26.8 Å². The molecule has 4 rings (SSSR count). The minimum absolute atomic E-state index is 0.0588. The van der Waals surface area contributed by atoms with Gasteiger partial charge >= 0.3 is 0 Å². The van der Waals surface area contributed by atoms with Crippen LogP contribution in [0.5, 0.6) is 5.75 Å². The van der Waals surface area contributed by atoms with E-state index in [1.807, 2.05) is 0 Å². The van der Waals surface area contributed by atoms with Crippen LogP contribution in [-0.2, 0) is 0 Å². The van der Waals surface area contributed by atoms with E-state index in [-0.39, 0.29) is 40.0 Å². The van der Waals surface area contributed by atoms with Gasteiger partial charge in [-0.1, -0.05) is 31.6 Å². The molecule has 1 aromatic carbocycles. The summed E-state index contributed by atoms with van der Waals surface area (Å²) in [6.07, 6.45) is 5.54. The Morgan fingerprint density at radius 2 is 1.91 bits per heavy atom. The Labute approximate surface area is 192 Å².